The first-order valence-corrected chi connectivity index (χ1v) is 13.9. The van der Waals surface area contributed by atoms with Gasteiger partial charge in [-0.15, -0.1) is 0 Å². The van der Waals surface area contributed by atoms with E-state index in [1.807, 2.05) is 6.92 Å². The van der Waals surface area contributed by atoms with Gasteiger partial charge >= 0.3 is 29.6 Å². The van der Waals surface area contributed by atoms with Crippen LogP contribution >= 0.6 is 23.2 Å². The summed E-state index contributed by atoms with van der Waals surface area (Å²) in [5.74, 6) is -0.870. The quantitative estimate of drug-likeness (QED) is 0.175. The molecule has 4 aromatic carbocycles. The molecule has 0 aliphatic carbocycles. The maximum Gasteiger partial charge on any atom is 1.00 e. The third-order valence-corrected chi connectivity index (χ3v) is 7.50. The van der Waals surface area contributed by atoms with E-state index in [0.29, 0.717) is 23.1 Å². The second-order valence-corrected chi connectivity index (χ2v) is 10.4. The molecule has 1 amide bonds. The molecule has 9 nitrogen and oxygen atoms in total. The molecular formula is C27H22Cl2N3NaO6S. The van der Waals surface area contributed by atoms with Gasteiger partial charge in [-0.05, 0) is 49.1 Å². The normalized spacial score (nSPS) is 11.4. The molecule has 0 spiro atoms. The van der Waals surface area contributed by atoms with Crippen molar-refractivity contribution in [3.8, 4) is 11.5 Å². The van der Waals surface area contributed by atoms with Crippen molar-refractivity contribution in [3.63, 3.8) is 0 Å². The molecule has 2 N–H and O–H groups in total. The minimum atomic E-state index is -4.65. The second-order valence-electron chi connectivity index (χ2n) is 8.25. The Morgan fingerprint density at radius 2 is 1.75 bits per heavy atom. The average molecular weight is 610 g/mol. The van der Waals surface area contributed by atoms with Gasteiger partial charge in [-0.1, -0.05) is 60.1 Å². The molecule has 40 heavy (non-hydrogen) atoms. The van der Waals surface area contributed by atoms with Crippen LogP contribution < -0.4 is 44.7 Å². The van der Waals surface area contributed by atoms with Crippen molar-refractivity contribution in [2.45, 2.75) is 25.2 Å². The summed E-state index contributed by atoms with van der Waals surface area (Å²) in [4.78, 5) is 12.7. The summed E-state index contributed by atoms with van der Waals surface area (Å²) in [6, 6.07) is 15.7. The molecule has 0 atom stereocenters. The zero-order valence-corrected chi connectivity index (χ0v) is 26.1. The minimum absolute atomic E-state index is 0. The van der Waals surface area contributed by atoms with Gasteiger partial charge in [0, 0.05) is 22.6 Å². The first-order chi connectivity index (χ1) is 18.5. The van der Waals surface area contributed by atoms with Crippen LogP contribution in [0, 0.1) is 0 Å². The van der Waals surface area contributed by atoms with E-state index in [2.05, 4.69) is 15.5 Å². The molecule has 0 aromatic heterocycles. The number of fused-ring (bicyclic) bond motifs is 1. The fourth-order valence-corrected chi connectivity index (χ4v) is 5.59. The first-order valence-electron chi connectivity index (χ1n) is 11.7. The van der Waals surface area contributed by atoms with Crippen LogP contribution in [-0.2, 0) is 16.5 Å². The minimum Gasteiger partial charge on any atom is -0.870 e. The van der Waals surface area contributed by atoms with E-state index in [1.165, 1.54) is 18.2 Å². The molecule has 0 saturated heterocycles. The molecule has 4 rings (SSSR count). The standard InChI is InChI=1S/C27H23Cl2N3O6S.Na/c1-3-17-22(12-10-20(28)26(17)39(35,36)37)31-32-24-18-8-6-5-7-15(18)13-19(25(24)33)27(34)30-23-11-9-16(38-4-2)14-21(23)29;/h5-14,33H,3-4H2,1-2H3,(H,30,34)(H,35,36,37);/q;+1/p-1. The fraction of sp³-hybridized carbons (Fsp3) is 0.148. The van der Waals surface area contributed by atoms with Crippen LogP contribution in [0.1, 0.15) is 29.8 Å². The topological polar surface area (TPSA) is 140 Å². The third-order valence-electron chi connectivity index (χ3n) is 5.78. The Hall–Kier alpha value is -2.70. The summed E-state index contributed by atoms with van der Waals surface area (Å²) >= 11 is 12.3. The van der Waals surface area contributed by atoms with Gasteiger partial charge in [0.15, 0.2) is 0 Å². The predicted molar refractivity (Wildman–Crippen MR) is 149 cm³/mol. The Bertz CT molecular complexity index is 1730. The van der Waals surface area contributed by atoms with Crippen molar-refractivity contribution in [1.29, 1.82) is 0 Å². The van der Waals surface area contributed by atoms with Crippen molar-refractivity contribution >= 4 is 67.1 Å². The number of rotatable bonds is 8. The van der Waals surface area contributed by atoms with Crippen molar-refractivity contribution in [2.75, 3.05) is 11.9 Å². The Morgan fingerprint density at radius 3 is 2.40 bits per heavy atom. The number of azo groups is 1. The molecule has 0 saturated carbocycles. The Balaban J connectivity index is 0.00000441. The Labute approximate surface area is 263 Å². The fourth-order valence-electron chi connectivity index (χ4n) is 4.03. The zero-order valence-electron chi connectivity index (χ0n) is 21.7. The van der Waals surface area contributed by atoms with Crippen LogP contribution in [0.3, 0.4) is 0 Å². The van der Waals surface area contributed by atoms with Crippen molar-refractivity contribution in [3.05, 3.63) is 81.8 Å². The van der Waals surface area contributed by atoms with E-state index < -0.39 is 26.7 Å². The largest absolute Gasteiger partial charge is 1.00 e. The van der Waals surface area contributed by atoms with E-state index in [1.54, 1.807) is 49.4 Å². The van der Waals surface area contributed by atoms with Crippen molar-refractivity contribution in [2.24, 2.45) is 10.2 Å². The van der Waals surface area contributed by atoms with Gasteiger partial charge in [-0.3, -0.25) is 9.35 Å². The molecule has 13 heteroatoms. The number of hydrogen-bond donors (Lipinski definition) is 2. The number of carbonyl (C=O) groups is 1. The summed E-state index contributed by atoms with van der Waals surface area (Å²) in [5, 5.41) is 25.4. The Morgan fingerprint density at radius 1 is 1.02 bits per heavy atom. The number of nitrogens with zero attached hydrogens (tertiary/aromatic N) is 2. The zero-order chi connectivity index (χ0) is 28.3. The number of anilines is 1. The van der Waals surface area contributed by atoms with Crippen molar-refractivity contribution < 1.29 is 57.2 Å². The van der Waals surface area contributed by atoms with Crippen LogP contribution in [-0.4, -0.2) is 25.5 Å². The van der Waals surface area contributed by atoms with Crippen LogP contribution in [0.4, 0.5) is 17.1 Å². The van der Waals surface area contributed by atoms with E-state index in [0.717, 1.165) is 0 Å². The summed E-state index contributed by atoms with van der Waals surface area (Å²) in [6.07, 6.45) is 0.153. The molecule has 0 bridgehead atoms. The summed E-state index contributed by atoms with van der Waals surface area (Å²) in [7, 11) is -4.65. The smallest absolute Gasteiger partial charge is 0.870 e. The van der Waals surface area contributed by atoms with Gasteiger partial charge in [0.25, 0.3) is 16.0 Å². The number of halogens is 2. The second kappa shape index (κ2) is 13.3. The van der Waals surface area contributed by atoms with Crippen LogP contribution in [0.15, 0.2) is 75.8 Å². The van der Waals surface area contributed by atoms with Gasteiger partial charge in [0.1, 0.15) is 10.6 Å². The van der Waals surface area contributed by atoms with Gasteiger partial charge < -0.3 is 15.2 Å². The van der Waals surface area contributed by atoms with Crippen LogP contribution in [0.5, 0.6) is 11.5 Å². The number of hydrogen-bond acceptors (Lipinski definition) is 7. The molecule has 202 valence electrons. The molecule has 0 unspecified atom stereocenters. The van der Waals surface area contributed by atoms with Crippen LogP contribution in [0.2, 0.25) is 10.0 Å². The number of nitrogens with one attached hydrogen (secondary N) is 1. The summed E-state index contributed by atoms with van der Waals surface area (Å²) < 4.78 is 38.9. The molecule has 0 aliphatic heterocycles. The SMILES string of the molecule is CCOc1ccc(NC(=O)c2cc3ccccc3c(N=Nc3ccc(Cl)c(S(=O)(=O)O)c3CC)c2[O-])c(Cl)c1.[Na+]. The maximum absolute atomic E-state index is 13.5. The average Bonchev–Trinajstić information content (AvgIpc) is 2.89. The molecule has 0 heterocycles. The number of benzene rings is 4. The van der Waals surface area contributed by atoms with E-state index in [-0.39, 0.29) is 74.2 Å². The van der Waals surface area contributed by atoms with Gasteiger partial charge in [-0.25, -0.2) is 0 Å². The maximum atomic E-state index is 13.5. The van der Waals surface area contributed by atoms with Crippen molar-refractivity contribution in [1.82, 2.24) is 0 Å². The number of carbonyl (C=O) groups excluding carboxylic acids is 1. The van der Waals surface area contributed by atoms with E-state index in [4.69, 9.17) is 27.9 Å². The molecule has 0 fully saturated rings. The summed E-state index contributed by atoms with van der Waals surface area (Å²) in [6.45, 7) is 3.94. The van der Waals surface area contributed by atoms with Gasteiger partial charge in [0.05, 0.1) is 33.7 Å². The molecular weight excluding hydrogens is 588 g/mol. The van der Waals surface area contributed by atoms with Gasteiger partial charge in [-0.2, -0.15) is 18.6 Å². The number of ether oxygens (including phenoxy) is 1. The van der Waals surface area contributed by atoms with Gasteiger partial charge in [0.2, 0.25) is 0 Å². The summed E-state index contributed by atoms with van der Waals surface area (Å²) in [5.41, 5.74) is 0.186. The first kappa shape index (κ1) is 31.8. The van der Waals surface area contributed by atoms with E-state index in [9.17, 15) is 22.9 Å². The molecule has 0 aliphatic rings. The third kappa shape index (κ3) is 6.77. The van der Waals surface area contributed by atoms with Crippen LogP contribution in [0.25, 0.3) is 10.8 Å². The molecule has 4 aromatic rings. The molecule has 0 radical (unpaired) electrons. The van der Waals surface area contributed by atoms with E-state index >= 15 is 0 Å². The Kier molecular flexibility index (Phi) is 10.6. The number of amides is 1. The monoisotopic (exact) mass is 609 g/mol. The predicted octanol–water partition coefficient (Wildman–Crippen LogP) is 4.10.